The number of imidazole rings is 1. The van der Waals surface area contributed by atoms with Crippen molar-refractivity contribution in [1.82, 2.24) is 35.0 Å². The van der Waals surface area contributed by atoms with Gasteiger partial charge in [-0.25, -0.2) is 15.0 Å². The first-order valence-electron chi connectivity index (χ1n) is 8.09. The second-order valence-electron chi connectivity index (χ2n) is 6.23. The fourth-order valence-electron chi connectivity index (χ4n) is 2.82. The Morgan fingerprint density at radius 1 is 1.36 bits per heavy atom. The van der Waals surface area contributed by atoms with Gasteiger partial charge in [0.25, 0.3) is 0 Å². The summed E-state index contributed by atoms with van der Waals surface area (Å²) < 4.78 is 1.91. The highest BCUT2D eigenvalue weighted by Crippen LogP contribution is 2.17. The lowest BCUT2D eigenvalue weighted by Gasteiger charge is -2.20. The minimum Gasteiger partial charge on any atom is -0.350 e. The molecule has 0 aliphatic carbocycles. The fraction of sp³-hybridized carbons (Fsp3) is 0.438. The Morgan fingerprint density at radius 2 is 2.16 bits per heavy atom. The maximum Gasteiger partial charge on any atom is 0.239 e. The standard InChI is InChI=1S/C16H22N8O/c1-10-5-12(3)24(22-10)6-11(2)21-13(25)7-23(4)16-14-15(18-8-17-14)19-9-20-16/h5,8-9,11H,6-7H2,1-4H3,(H,21,25)(H,17,18,19,20)/t11-/m0/s1. The van der Waals surface area contributed by atoms with Gasteiger partial charge < -0.3 is 15.2 Å². The molecule has 0 fully saturated rings. The molecule has 1 atom stereocenters. The topological polar surface area (TPSA) is 105 Å². The van der Waals surface area contributed by atoms with E-state index in [4.69, 9.17) is 0 Å². The average molecular weight is 342 g/mol. The Morgan fingerprint density at radius 3 is 2.88 bits per heavy atom. The Kier molecular flexibility index (Phi) is 4.64. The number of nitrogens with one attached hydrogen (secondary N) is 2. The molecule has 0 radical (unpaired) electrons. The van der Waals surface area contributed by atoms with E-state index in [9.17, 15) is 4.79 Å². The van der Waals surface area contributed by atoms with Gasteiger partial charge in [0.2, 0.25) is 5.91 Å². The minimum absolute atomic E-state index is 0.0310. The summed E-state index contributed by atoms with van der Waals surface area (Å²) in [6.45, 7) is 6.75. The van der Waals surface area contributed by atoms with Crippen LogP contribution in [0.4, 0.5) is 5.82 Å². The SMILES string of the molecule is Cc1cc(C)n(C[C@H](C)NC(=O)CN(C)c2ncnc3nc[nH]c23)n1. The zero-order valence-electron chi connectivity index (χ0n) is 14.8. The molecule has 9 nitrogen and oxygen atoms in total. The van der Waals surface area contributed by atoms with Gasteiger partial charge in [-0.05, 0) is 26.8 Å². The van der Waals surface area contributed by atoms with Gasteiger partial charge >= 0.3 is 0 Å². The molecule has 0 spiro atoms. The number of rotatable bonds is 6. The Hall–Kier alpha value is -2.97. The molecule has 0 bridgehead atoms. The predicted octanol–water partition coefficient (Wildman–Crippen LogP) is 0.807. The number of anilines is 1. The molecule has 3 heterocycles. The molecule has 0 aliphatic rings. The van der Waals surface area contributed by atoms with Crippen LogP contribution in [0.15, 0.2) is 18.7 Å². The van der Waals surface area contributed by atoms with Gasteiger partial charge in [0.05, 0.1) is 25.1 Å². The van der Waals surface area contributed by atoms with E-state index in [1.807, 2.05) is 38.6 Å². The number of carbonyl (C=O) groups is 1. The maximum atomic E-state index is 12.3. The normalized spacial score (nSPS) is 12.3. The van der Waals surface area contributed by atoms with Crippen molar-refractivity contribution in [3.05, 3.63) is 30.1 Å². The van der Waals surface area contributed by atoms with Gasteiger partial charge in [-0.1, -0.05) is 0 Å². The molecule has 2 N–H and O–H groups in total. The predicted molar refractivity (Wildman–Crippen MR) is 94.3 cm³/mol. The summed E-state index contributed by atoms with van der Waals surface area (Å²) in [4.78, 5) is 29.5. The quantitative estimate of drug-likeness (QED) is 0.687. The lowest BCUT2D eigenvalue weighted by molar-refractivity contribution is -0.120. The van der Waals surface area contributed by atoms with Crippen LogP contribution in [0.25, 0.3) is 11.2 Å². The number of aromatic amines is 1. The van der Waals surface area contributed by atoms with Crippen LogP contribution in [0.3, 0.4) is 0 Å². The number of aryl methyl sites for hydroxylation is 2. The van der Waals surface area contributed by atoms with Crippen LogP contribution >= 0.6 is 0 Å². The summed E-state index contributed by atoms with van der Waals surface area (Å²) in [5, 5.41) is 7.42. The van der Waals surface area contributed by atoms with E-state index >= 15 is 0 Å². The number of hydrogen-bond donors (Lipinski definition) is 2. The molecule has 1 amide bonds. The summed E-state index contributed by atoms with van der Waals surface area (Å²) in [7, 11) is 1.81. The van der Waals surface area contributed by atoms with Gasteiger partial charge in [-0.3, -0.25) is 9.48 Å². The van der Waals surface area contributed by atoms with Crippen molar-refractivity contribution >= 4 is 22.9 Å². The molecular formula is C16H22N8O. The van der Waals surface area contributed by atoms with Gasteiger partial charge in [-0.15, -0.1) is 0 Å². The largest absolute Gasteiger partial charge is 0.350 e. The van der Waals surface area contributed by atoms with Crippen molar-refractivity contribution in [2.24, 2.45) is 0 Å². The molecule has 9 heteroatoms. The summed E-state index contributed by atoms with van der Waals surface area (Å²) >= 11 is 0. The zero-order valence-corrected chi connectivity index (χ0v) is 14.8. The van der Waals surface area contributed by atoms with Crippen LogP contribution in [0.2, 0.25) is 0 Å². The Balaban J connectivity index is 1.60. The van der Waals surface area contributed by atoms with Gasteiger partial charge in [-0.2, -0.15) is 5.10 Å². The highest BCUT2D eigenvalue weighted by Gasteiger charge is 2.15. The number of carbonyl (C=O) groups excluding carboxylic acids is 1. The van der Waals surface area contributed by atoms with Crippen molar-refractivity contribution in [3.8, 4) is 0 Å². The summed E-state index contributed by atoms with van der Waals surface area (Å²) in [6, 6.07) is 1.99. The van der Waals surface area contributed by atoms with E-state index in [0.29, 0.717) is 23.5 Å². The second-order valence-corrected chi connectivity index (χ2v) is 6.23. The molecule has 25 heavy (non-hydrogen) atoms. The van der Waals surface area contributed by atoms with Crippen LogP contribution in [-0.2, 0) is 11.3 Å². The first kappa shape index (κ1) is 16.9. The highest BCUT2D eigenvalue weighted by atomic mass is 16.2. The highest BCUT2D eigenvalue weighted by molar-refractivity contribution is 5.87. The number of nitrogens with zero attached hydrogens (tertiary/aromatic N) is 6. The fourth-order valence-corrected chi connectivity index (χ4v) is 2.82. The summed E-state index contributed by atoms with van der Waals surface area (Å²) in [5.41, 5.74) is 3.35. The summed E-state index contributed by atoms with van der Waals surface area (Å²) in [5.74, 6) is 0.562. The van der Waals surface area contributed by atoms with E-state index in [1.54, 1.807) is 11.2 Å². The maximum absolute atomic E-state index is 12.3. The van der Waals surface area contributed by atoms with Crippen molar-refractivity contribution < 1.29 is 4.79 Å². The third kappa shape index (κ3) is 3.76. The molecule has 3 aromatic heterocycles. The summed E-state index contributed by atoms with van der Waals surface area (Å²) in [6.07, 6.45) is 3.01. The average Bonchev–Trinajstić information content (AvgIpc) is 3.12. The van der Waals surface area contributed by atoms with Crippen molar-refractivity contribution in [1.29, 1.82) is 0 Å². The minimum atomic E-state index is -0.0807. The number of fused-ring (bicyclic) bond motifs is 1. The Labute approximate surface area is 145 Å². The molecule has 0 saturated heterocycles. The number of H-pyrrole nitrogens is 1. The first-order chi connectivity index (χ1) is 11.9. The van der Waals surface area contributed by atoms with Crippen LogP contribution < -0.4 is 10.2 Å². The lowest BCUT2D eigenvalue weighted by Crippen LogP contribution is -2.42. The molecule has 0 unspecified atom stereocenters. The number of likely N-dealkylation sites (N-methyl/N-ethyl adjacent to an activating group) is 1. The van der Waals surface area contributed by atoms with E-state index < -0.39 is 0 Å². The monoisotopic (exact) mass is 342 g/mol. The van der Waals surface area contributed by atoms with Crippen LogP contribution in [-0.4, -0.2) is 55.3 Å². The third-order valence-electron chi connectivity index (χ3n) is 3.90. The lowest BCUT2D eigenvalue weighted by atomic mass is 10.3. The molecular weight excluding hydrogens is 320 g/mol. The second kappa shape index (κ2) is 6.88. The number of hydrogen-bond acceptors (Lipinski definition) is 6. The molecule has 132 valence electrons. The van der Waals surface area contributed by atoms with E-state index in [1.165, 1.54) is 6.33 Å². The smallest absolute Gasteiger partial charge is 0.239 e. The Bertz CT molecular complexity index is 883. The first-order valence-corrected chi connectivity index (χ1v) is 8.09. The van der Waals surface area contributed by atoms with Crippen LogP contribution in [0.5, 0.6) is 0 Å². The van der Waals surface area contributed by atoms with E-state index in [-0.39, 0.29) is 18.5 Å². The molecule has 0 aromatic carbocycles. The van der Waals surface area contributed by atoms with Crippen molar-refractivity contribution in [2.75, 3.05) is 18.5 Å². The van der Waals surface area contributed by atoms with E-state index in [2.05, 4.69) is 30.4 Å². The van der Waals surface area contributed by atoms with Crippen molar-refractivity contribution in [2.45, 2.75) is 33.4 Å². The van der Waals surface area contributed by atoms with Crippen LogP contribution in [0, 0.1) is 13.8 Å². The van der Waals surface area contributed by atoms with Gasteiger partial charge in [0.15, 0.2) is 11.5 Å². The van der Waals surface area contributed by atoms with Gasteiger partial charge in [0, 0.05) is 18.8 Å². The number of aromatic nitrogens is 6. The molecule has 3 aromatic rings. The van der Waals surface area contributed by atoms with Gasteiger partial charge in [0.1, 0.15) is 11.8 Å². The molecule has 0 aliphatic heterocycles. The van der Waals surface area contributed by atoms with Crippen LogP contribution in [0.1, 0.15) is 18.3 Å². The zero-order chi connectivity index (χ0) is 18.0. The molecule has 3 rings (SSSR count). The molecule has 0 saturated carbocycles. The third-order valence-corrected chi connectivity index (χ3v) is 3.90. The van der Waals surface area contributed by atoms with E-state index in [0.717, 1.165) is 11.4 Å². The van der Waals surface area contributed by atoms with Crippen molar-refractivity contribution in [3.63, 3.8) is 0 Å². The number of amides is 1.